The number of imidazole rings is 1. The van der Waals surface area contributed by atoms with Crippen LogP contribution in [0.5, 0.6) is 5.75 Å². The number of aliphatic hydroxyl groups is 2. The summed E-state index contributed by atoms with van der Waals surface area (Å²) in [7, 11) is 3.75. The Kier molecular flexibility index (Phi) is 6.48. The van der Waals surface area contributed by atoms with Gasteiger partial charge in [-0.1, -0.05) is 18.2 Å². The molecule has 4 rings (SSSR count). The Bertz CT molecular complexity index is 1270. The molecule has 1 atom stereocenters. The Morgan fingerprint density at radius 3 is 2.79 bits per heavy atom. The van der Waals surface area contributed by atoms with E-state index in [0.29, 0.717) is 22.9 Å². The van der Waals surface area contributed by atoms with E-state index in [4.69, 9.17) is 9.84 Å². The van der Waals surface area contributed by atoms with E-state index in [9.17, 15) is 9.90 Å². The monoisotopic (exact) mass is 448 g/mol. The van der Waals surface area contributed by atoms with E-state index in [1.54, 1.807) is 36.4 Å². The van der Waals surface area contributed by atoms with E-state index in [-0.39, 0.29) is 24.8 Å². The maximum Gasteiger partial charge on any atom is 0.277 e. The normalized spacial score (nSPS) is 11.9. The number of benzene rings is 1. The van der Waals surface area contributed by atoms with Crippen molar-refractivity contribution in [1.82, 2.24) is 19.6 Å². The number of amides is 1. The van der Waals surface area contributed by atoms with Gasteiger partial charge in [-0.15, -0.1) is 0 Å². The molecule has 170 valence electrons. The van der Waals surface area contributed by atoms with Crippen LogP contribution in [0.25, 0.3) is 16.9 Å². The molecule has 0 aliphatic heterocycles. The van der Waals surface area contributed by atoms with Gasteiger partial charge in [-0.3, -0.25) is 4.79 Å². The van der Waals surface area contributed by atoms with Gasteiger partial charge < -0.3 is 25.2 Å². The van der Waals surface area contributed by atoms with Gasteiger partial charge in [0.25, 0.3) is 5.91 Å². The number of aliphatic hydroxyl groups excluding tert-OH is 2. The number of carbonyl (C=O) groups excluding carboxylic acids is 1. The van der Waals surface area contributed by atoms with Crippen molar-refractivity contribution in [2.75, 3.05) is 37.5 Å². The molecule has 1 aromatic carbocycles. The number of aromatic nitrogens is 4. The molecule has 33 heavy (non-hydrogen) atoms. The highest BCUT2D eigenvalue weighted by molar-refractivity contribution is 6.03. The van der Waals surface area contributed by atoms with Crippen molar-refractivity contribution >= 4 is 23.2 Å². The van der Waals surface area contributed by atoms with E-state index >= 15 is 0 Å². The number of fused-ring (bicyclic) bond motifs is 1. The van der Waals surface area contributed by atoms with Crippen LogP contribution in [-0.2, 0) is 0 Å². The van der Waals surface area contributed by atoms with Crippen LogP contribution in [-0.4, -0.2) is 69.1 Å². The van der Waals surface area contributed by atoms with Gasteiger partial charge in [0.1, 0.15) is 30.1 Å². The van der Waals surface area contributed by atoms with Gasteiger partial charge in [0, 0.05) is 19.7 Å². The largest absolute Gasteiger partial charge is 0.491 e. The van der Waals surface area contributed by atoms with Crippen molar-refractivity contribution in [1.29, 1.82) is 0 Å². The summed E-state index contributed by atoms with van der Waals surface area (Å²) in [5.41, 5.74) is 2.16. The molecule has 10 heteroatoms. The first-order valence-electron chi connectivity index (χ1n) is 10.3. The molecule has 10 nitrogen and oxygen atoms in total. The average molecular weight is 448 g/mol. The summed E-state index contributed by atoms with van der Waals surface area (Å²) in [6, 6.07) is 16.1. The summed E-state index contributed by atoms with van der Waals surface area (Å²) >= 11 is 0. The zero-order chi connectivity index (χ0) is 23.4. The van der Waals surface area contributed by atoms with Crippen molar-refractivity contribution in [3.8, 4) is 17.0 Å². The van der Waals surface area contributed by atoms with Crippen LogP contribution in [0, 0.1) is 0 Å². The summed E-state index contributed by atoms with van der Waals surface area (Å²) in [6.07, 6.45) is 0.510. The molecule has 0 saturated heterocycles. The number of hydrogen-bond donors (Lipinski definition) is 3. The summed E-state index contributed by atoms with van der Waals surface area (Å²) in [6.45, 7) is -0.403. The van der Waals surface area contributed by atoms with Crippen LogP contribution >= 0.6 is 0 Å². The number of anilines is 2. The van der Waals surface area contributed by atoms with Crippen LogP contribution in [0.3, 0.4) is 0 Å². The van der Waals surface area contributed by atoms with E-state index in [1.165, 1.54) is 10.7 Å². The third kappa shape index (κ3) is 5.08. The molecule has 0 aliphatic carbocycles. The summed E-state index contributed by atoms with van der Waals surface area (Å²) in [5.74, 6) is 1.29. The molecule has 3 N–H and O–H groups in total. The first kappa shape index (κ1) is 22.2. The Hall–Kier alpha value is -4.02. The fourth-order valence-electron chi connectivity index (χ4n) is 3.09. The Balaban J connectivity index is 1.59. The summed E-state index contributed by atoms with van der Waals surface area (Å²) < 4.78 is 6.99. The highest BCUT2D eigenvalue weighted by atomic mass is 16.5. The molecular formula is C23H24N6O4. The van der Waals surface area contributed by atoms with Gasteiger partial charge in [-0.25, -0.2) is 14.5 Å². The minimum Gasteiger partial charge on any atom is -0.491 e. The van der Waals surface area contributed by atoms with E-state index in [0.717, 1.165) is 11.4 Å². The molecule has 0 fully saturated rings. The fourth-order valence-corrected chi connectivity index (χ4v) is 3.09. The van der Waals surface area contributed by atoms with Crippen LogP contribution < -0.4 is 15.0 Å². The van der Waals surface area contributed by atoms with Crippen LogP contribution in [0.2, 0.25) is 0 Å². The van der Waals surface area contributed by atoms with Crippen molar-refractivity contribution in [3.05, 3.63) is 66.5 Å². The van der Waals surface area contributed by atoms with Gasteiger partial charge in [0.05, 0.1) is 18.5 Å². The molecule has 3 aromatic heterocycles. The fraction of sp³-hybridized carbons (Fsp3) is 0.217. The van der Waals surface area contributed by atoms with Crippen molar-refractivity contribution in [2.45, 2.75) is 6.10 Å². The van der Waals surface area contributed by atoms with Crippen LogP contribution in [0.4, 0.5) is 11.6 Å². The molecule has 3 heterocycles. The lowest BCUT2D eigenvalue weighted by molar-refractivity contribution is 0.0536. The molecule has 0 aliphatic rings. The second-order valence-corrected chi connectivity index (χ2v) is 7.54. The molecule has 0 saturated carbocycles. The smallest absolute Gasteiger partial charge is 0.277 e. The molecular weight excluding hydrogens is 424 g/mol. The Morgan fingerprint density at radius 1 is 1.18 bits per heavy atom. The highest BCUT2D eigenvalue weighted by Crippen LogP contribution is 2.23. The maximum absolute atomic E-state index is 12.9. The average Bonchev–Trinajstić information content (AvgIpc) is 3.26. The highest BCUT2D eigenvalue weighted by Gasteiger charge is 2.15. The van der Waals surface area contributed by atoms with Gasteiger partial charge in [-0.2, -0.15) is 5.10 Å². The zero-order valence-electron chi connectivity index (χ0n) is 18.2. The number of hydrogen-bond acceptors (Lipinski definition) is 8. The number of rotatable bonds is 8. The lowest BCUT2D eigenvalue weighted by Gasteiger charge is -2.12. The minimum atomic E-state index is -0.956. The van der Waals surface area contributed by atoms with Gasteiger partial charge >= 0.3 is 0 Å². The van der Waals surface area contributed by atoms with E-state index in [2.05, 4.69) is 20.4 Å². The van der Waals surface area contributed by atoms with E-state index < -0.39 is 6.10 Å². The minimum absolute atomic E-state index is 0.0265. The first-order valence-corrected chi connectivity index (χ1v) is 10.3. The Labute approximate surface area is 190 Å². The van der Waals surface area contributed by atoms with Crippen molar-refractivity contribution in [3.63, 3.8) is 0 Å². The number of carbonyl (C=O) groups is 1. The molecule has 0 bridgehead atoms. The number of ether oxygens (including phenoxy) is 1. The second-order valence-electron chi connectivity index (χ2n) is 7.54. The summed E-state index contributed by atoms with van der Waals surface area (Å²) in [5, 5.41) is 25.8. The lowest BCUT2D eigenvalue weighted by Crippen LogP contribution is -2.21. The molecule has 0 radical (unpaired) electrons. The van der Waals surface area contributed by atoms with Crippen molar-refractivity contribution < 1.29 is 19.7 Å². The predicted molar refractivity (Wildman–Crippen MR) is 124 cm³/mol. The van der Waals surface area contributed by atoms with Gasteiger partial charge in [0.2, 0.25) is 0 Å². The lowest BCUT2D eigenvalue weighted by atomic mass is 10.1. The first-order chi connectivity index (χ1) is 15.9. The maximum atomic E-state index is 12.9. The molecule has 4 aromatic rings. The predicted octanol–water partition coefficient (Wildman–Crippen LogP) is 1.84. The van der Waals surface area contributed by atoms with E-state index in [1.807, 2.05) is 37.2 Å². The van der Waals surface area contributed by atoms with Gasteiger partial charge in [-0.05, 0) is 36.4 Å². The third-order valence-corrected chi connectivity index (χ3v) is 4.81. The zero-order valence-corrected chi connectivity index (χ0v) is 18.2. The van der Waals surface area contributed by atoms with Crippen LogP contribution in [0.15, 0.2) is 60.8 Å². The Morgan fingerprint density at radius 2 is 2.00 bits per heavy atom. The molecule has 0 spiro atoms. The second kappa shape index (κ2) is 9.63. The topological polar surface area (TPSA) is 125 Å². The third-order valence-electron chi connectivity index (χ3n) is 4.81. The SMILES string of the molecule is CN(C)c1cccc(NC(=O)c2cnc3ccc(-c4cccc(OC[C@H](O)CO)c4)nn23)n1. The van der Waals surface area contributed by atoms with Crippen molar-refractivity contribution in [2.24, 2.45) is 0 Å². The number of pyridine rings is 1. The van der Waals surface area contributed by atoms with Gasteiger partial charge in [0.15, 0.2) is 11.3 Å². The molecule has 1 amide bonds. The number of nitrogens with zero attached hydrogens (tertiary/aromatic N) is 5. The standard InChI is InChI=1S/C23H24N6O4/c1-28(2)22-8-4-7-20(25-22)26-23(32)19-12-24-21-10-9-18(27-29(19)21)15-5-3-6-17(11-15)33-14-16(31)13-30/h3-12,16,30-31H,13-14H2,1-2H3,(H,25,26,32)/t16-/m1/s1. The molecule has 0 unspecified atom stereocenters. The quantitative estimate of drug-likeness (QED) is 0.373. The summed E-state index contributed by atoms with van der Waals surface area (Å²) in [4.78, 5) is 23.4. The van der Waals surface area contributed by atoms with Crippen LogP contribution in [0.1, 0.15) is 10.5 Å². The number of nitrogens with one attached hydrogen (secondary N) is 1.